The Morgan fingerprint density at radius 3 is 2.67 bits per heavy atom. The number of benzene rings is 1. The largest absolute Gasteiger partial charge is 0.384 e. The fourth-order valence-electron chi connectivity index (χ4n) is 1.16. The second-order valence-electron chi connectivity index (χ2n) is 2.95. The first-order valence-corrected chi connectivity index (χ1v) is 5.15. The number of rotatable bonds is 4. The van der Waals surface area contributed by atoms with Crippen LogP contribution in [0.5, 0.6) is 0 Å². The van der Waals surface area contributed by atoms with E-state index in [0.29, 0.717) is 23.1 Å². The zero-order chi connectivity index (χ0) is 11.3. The van der Waals surface area contributed by atoms with Gasteiger partial charge in [0, 0.05) is 13.5 Å². The van der Waals surface area contributed by atoms with Gasteiger partial charge in [0.15, 0.2) is 0 Å². The van der Waals surface area contributed by atoms with Crippen LogP contribution in [-0.4, -0.2) is 19.4 Å². The van der Waals surface area contributed by atoms with E-state index in [0.717, 1.165) is 11.3 Å². The van der Waals surface area contributed by atoms with Gasteiger partial charge < -0.3 is 10.6 Å². The molecule has 1 aromatic rings. The van der Waals surface area contributed by atoms with E-state index in [4.69, 9.17) is 33.8 Å². The Morgan fingerprint density at radius 1 is 1.40 bits per heavy atom. The van der Waals surface area contributed by atoms with Gasteiger partial charge in [-0.1, -0.05) is 29.3 Å². The monoisotopic (exact) mass is 246 g/mol. The number of nitrogens with zero attached hydrogens (tertiary/aromatic N) is 1. The Hall–Kier alpha value is -0.770. The van der Waals surface area contributed by atoms with E-state index >= 15 is 0 Å². The molecular weight excluding hydrogens is 235 g/mol. The average Bonchev–Trinajstić information content (AvgIpc) is 2.24. The molecule has 5 heteroatoms. The lowest BCUT2D eigenvalue weighted by Gasteiger charge is -2.05. The lowest BCUT2D eigenvalue weighted by Crippen LogP contribution is -2.07. The molecule has 0 aliphatic heterocycles. The van der Waals surface area contributed by atoms with Crippen LogP contribution in [0.15, 0.2) is 23.3 Å². The lowest BCUT2D eigenvalue weighted by atomic mass is 10.1. The van der Waals surface area contributed by atoms with Gasteiger partial charge in [-0.3, -0.25) is 0 Å². The lowest BCUT2D eigenvalue weighted by molar-refractivity contribution is 0.207. The summed E-state index contributed by atoms with van der Waals surface area (Å²) < 4.78 is 4.95. The summed E-state index contributed by atoms with van der Waals surface area (Å²) in [6, 6.07) is 5.29. The fraction of sp³-hybridized carbons (Fsp3) is 0.300. The number of hydrogen-bond acceptors (Lipinski definition) is 3. The molecule has 0 radical (unpaired) electrons. The highest BCUT2D eigenvalue weighted by Gasteiger charge is 2.06. The van der Waals surface area contributed by atoms with Gasteiger partial charge in [0.1, 0.15) is 0 Å². The van der Waals surface area contributed by atoms with Crippen LogP contribution >= 0.6 is 23.2 Å². The van der Waals surface area contributed by atoms with Crippen molar-refractivity contribution < 1.29 is 4.74 Å². The zero-order valence-corrected chi connectivity index (χ0v) is 9.85. The molecule has 0 fully saturated rings. The molecule has 1 aromatic carbocycles. The summed E-state index contributed by atoms with van der Waals surface area (Å²) in [4.78, 5) is 0. The summed E-state index contributed by atoms with van der Waals surface area (Å²) in [5, 5.41) is 4.71. The van der Waals surface area contributed by atoms with Crippen molar-refractivity contribution in [2.75, 3.05) is 13.7 Å². The van der Waals surface area contributed by atoms with Gasteiger partial charge in [0.05, 0.1) is 22.4 Å². The van der Waals surface area contributed by atoms with Crippen molar-refractivity contribution in [2.45, 2.75) is 6.42 Å². The van der Waals surface area contributed by atoms with Crippen molar-refractivity contribution in [3.05, 3.63) is 33.8 Å². The first kappa shape index (κ1) is 12.3. The molecule has 0 heterocycles. The Morgan fingerprint density at radius 2 is 2.13 bits per heavy atom. The molecule has 1 rings (SSSR count). The molecule has 0 spiro atoms. The summed E-state index contributed by atoms with van der Waals surface area (Å²) in [5.41, 5.74) is 1.61. The molecule has 0 aliphatic carbocycles. The van der Waals surface area contributed by atoms with Gasteiger partial charge >= 0.3 is 0 Å². The maximum Gasteiger partial charge on any atom is 0.0696 e. The molecule has 0 amide bonds. The van der Waals surface area contributed by atoms with E-state index in [1.165, 1.54) is 0 Å². The predicted octanol–water partition coefficient (Wildman–Crippen LogP) is 2.69. The van der Waals surface area contributed by atoms with Crippen LogP contribution in [0.1, 0.15) is 12.0 Å². The summed E-state index contributed by atoms with van der Waals surface area (Å²) in [6.45, 7) is 0.566. The van der Waals surface area contributed by atoms with Crippen LogP contribution < -0.4 is 5.84 Å². The van der Waals surface area contributed by atoms with Crippen LogP contribution in [0, 0.1) is 0 Å². The second-order valence-corrected chi connectivity index (χ2v) is 3.76. The maximum atomic E-state index is 5.89. The normalized spacial score (nSPS) is 11.8. The van der Waals surface area contributed by atoms with Crippen molar-refractivity contribution in [1.29, 1.82) is 0 Å². The van der Waals surface area contributed by atoms with E-state index < -0.39 is 0 Å². The highest BCUT2D eigenvalue weighted by atomic mass is 35.5. The van der Waals surface area contributed by atoms with Crippen LogP contribution in [0.4, 0.5) is 0 Å². The Labute approximate surface area is 98.8 Å². The van der Waals surface area contributed by atoms with Crippen LogP contribution in [-0.2, 0) is 4.74 Å². The van der Waals surface area contributed by atoms with Crippen LogP contribution in [0.25, 0.3) is 0 Å². The van der Waals surface area contributed by atoms with E-state index in [2.05, 4.69) is 5.10 Å². The topological polar surface area (TPSA) is 47.6 Å². The first-order valence-electron chi connectivity index (χ1n) is 4.40. The third kappa shape index (κ3) is 3.38. The third-order valence-electron chi connectivity index (χ3n) is 1.95. The minimum atomic E-state index is 0.493. The molecule has 0 aromatic heterocycles. The molecule has 0 unspecified atom stereocenters. The highest BCUT2D eigenvalue weighted by molar-refractivity contribution is 6.42. The van der Waals surface area contributed by atoms with Gasteiger partial charge in [-0.15, -0.1) is 0 Å². The molecule has 0 atom stereocenters. The van der Waals surface area contributed by atoms with Gasteiger partial charge in [-0.2, -0.15) is 5.10 Å². The first-order chi connectivity index (χ1) is 7.19. The molecule has 2 N–H and O–H groups in total. The number of ether oxygens (including phenoxy) is 1. The minimum Gasteiger partial charge on any atom is -0.384 e. The third-order valence-corrected chi connectivity index (χ3v) is 2.69. The molecular formula is C10H12Cl2N2O. The molecule has 82 valence electrons. The van der Waals surface area contributed by atoms with Crippen LogP contribution in [0.3, 0.4) is 0 Å². The van der Waals surface area contributed by atoms with Crippen molar-refractivity contribution >= 4 is 28.9 Å². The minimum absolute atomic E-state index is 0.493. The van der Waals surface area contributed by atoms with Crippen molar-refractivity contribution in [1.82, 2.24) is 0 Å². The van der Waals surface area contributed by atoms with Gasteiger partial charge in [0.25, 0.3) is 0 Å². The summed E-state index contributed by atoms with van der Waals surface area (Å²) in [7, 11) is 1.63. The number of halogens is 2. The number of nitrogens with two attached hydrogens (primary N) is 1. The maximum absolute atomic E-state index is 5.89. The smallest absolute Gasteiger partial charge is 0.0696 e. The molecule has 0 saturated carbocycles. The number of hydrogen-bond donors (Lipinski definition) is 1. The Bertz CT molecular complexity index is 366. The SMILES string of the molecule is COCCC(=NN)c1ccc(Cl)c(Cl)c1. The predicted molar refractivity (Wildman–Crippen MR) is 63.7 cm³/mol. The van der Waals surface area contributed by atoms with E-state index in [1.807, 2.05) is 6.07 Å². The summed E-state index contributed by atoms with van der Waals surface area (Å²) in [5.74, 6) is 5.29. The van der Waals surface area contributed by atoms with Crippen molar-refractivity contribution in [3.8, 4) is 0 Å². The number of methoxy groups -OCH3 is 1. The summed E-state index contributed by atoms with van der Waals surface area (Å²) in [6.07, 6.45) is 0.644. The molecule has 3 nitrogen and oxygen atoms in total. The van der Waals surface area contributed by atoms with Crippen molar-refractivity contribution in [3.63, 3.8) is 0 Å². The molecule has 0 saturated heterocycles. The second kappa shape index (κ2) is 5.95. The van der Waals surface area contributed by atoms with Crippen molar-refractivity contribution in [2.24, 2.45) is 10.9 Å². The highest BCUT2D eigenvalue weighted by Crippen LogP contribution is 2.23. The van der Waals surface area contributed by atoms with Gasteiger partial charge in [-0.05, 0) is 17.7 Å². The van der Waals surface area contributed by atoms with Gasteiger partial charge in [-0.25, -0.2) is 0 Å². The Kier molecular flexibility index (Phi) is 4.88. The quantitative estimate of drug-likeness (QED) is 0.505. The van der Waals surface area contributed by atoms with Crippen LogP contribution in [0.2, 0.25) is 10.0 Å². The fourth-order valence-corrected chi connectivity index (χ4v) is 1.46. The summed E-state index contributed by atoms with van der Waals surface area (Å²) >= 11 is 11.7. The van der Waals surface area contributed by atoms with E-state index in [9.17, 15) is 0 Å². The standard InChI is InChI=1S/C10H12Cl2N2O/c1-15-5-4-10(14-13)7-2-3-8(11)9(12)6-7/h2-3,6H,4-5,13H2,1H3. The molecule has 0 bridgehead atoms. The van der Waals surface area contributed by atoms with E-state index in [1.54, 1.807) is 19.2 Å². The Balaban J connectivity index is 2.88. The zero-order valence-electron chi connectivity index (χ0n) is 8.34. The van der Waals surface area contributed by atoms with Gasteiger partial charge in [0.2, 0.25) is 0 Å². The number of hydrazone groups is 1. The average molecular weight is 247 g/mol. The van der Waals surface area contributed by atoms with E-state index in [-0.39, 0.29) is 0 Å². The molecule has 15 heavy (non-hydrogen) atoms. The molecule has 0 aliphatic rings.